The van der Waals surface area contributed by atoms with Crippen LogP contribution in [0.25, 0.3) is 10.9 Å². The Balaban J connectivity index is 0.000000216. The number of carbonyl (C=O) groups excluding carboxylic acids is 1. The number of hydrogen-bond acceptors (Lipinski definition) is 3. The topological polar surface area (TPSA) is 62.4 Å². The maximum Gasteiger partial charge on any atom is 0.248 e. The molecule has 2 aromatic carbocycles. The van der Waals surface area contributed by atoms with Gasteiger partial charge in [0, 0.05) is 47.9 Å². The van der Waals surface area contributed by atoms with Crippen LogP contribution in [0.5, 0.6) is 5.75 Å². The molecule has 158 valence electrons. The first-order chi connectivity index (χ1) is 14.6. The number of aromatic nitrogens is 1. The molecule has 0 spiro atoms. The molecule has 4 rings (SSSR count). The third-order valence-corrected chi connectivity index (χ3v) is 5.33. The average molecular weight is 427 g/mol. The number of halogens is 1. The highest BCUT2D eigenvalue weighted by Crippen LogP contribution is 2.22. The van der Waals surface area contributed by atoms with E-state index in [0.717, 1.165) is 60.4 Å². The number of fused-ring (bicyclic) bond motifs is 1. The number of H-pyrrole nitrogens is 1. The van der Waals surface area contributed by atoms with Crippen molar-refractivity contribution in [3.63, 3.8) is 0 Å². The van der Waals surface area contributed by atoms with Crippen LogP contribution < -0.4 is 10.3 Å². The summed E-state index contributed by atoms with van der Waals surface area (Å²) in [6.07, 6.45) is 5.08. The van der Waals surface area contributed by atoms with E-state index in [1.165, 1.54) is 18.1 Å². The normalized spacial score (nSPS) is 14.1. The first kappa shape index (κ1) is 21.9. The highest BCUT2D eigenvalue weighted by molar-refractivity contribution is 6.30. The fraction of sp³-hybridized carbons (Fsp3) is 0.333. The number of nitrogens with one attached hydrogen (secondary N) is 1. The van der Waals surface area contributed by atoms with Crippen molar-refractivity contribution in [3.8, 4) is 5.75 Å². The lowest BCUT2D eigenvalue weighted by atomic mass is 10.1. The van der Waals surface area contributed by atoms with E-state index < -0.39 is 0 Å². The summed E-state index contributed by atoms with van der Waals surface area (Å²) in [6.45, 7) is 3.67. The van der Waals surface area contributed by atoms with Gasteiger partial charge in [0.05, 0.1) is 0 Å². The second-order valence-electron chi connectivity index (χ2n) is 7.41. The molecular formula is C24H27ClN2O3. The van der Waals surface area contributed by atoms with Gasteiger partial charge in [0.1, 0.15) is 11.9 Å². The van der Waals surface area contributed by atoms with Crippen molar-refractivity contribution in [2.75, 3.05) is 13.1 Å². The van der Waals surface area contributed by atoms with E-state index in [9.17, 15) is 9.59 Å². The van der Waals surface area contributed by atoms with Gasteiger partial charge in [0.15, 0.2) is 0 Å². The van der Waals surface area contributed by atoms with E-state index in [0.29, 0.717) is 0 Å². The van der Waals surface area contributed by atoms with Gasteiger partial charge in [0.25, 0.3) is 0 Å². The molecule has 1 N–H and O–H groups in total. The van der Waals surface area contributed by atoms with Crippen molar-refractivity contribution in [2.24, 2.45) is 0 Å². The highest BCUT2D eigenvalue weighted by atomic mass is 35.5. The number of rotatable bonds is 5. The summed E-state index contributed by atoms with van der Waals surface area (Å²) >= 11 is 5.71. The zero-order chi connectivity index (χ0) is 21.3. The molecule has 3 aromatic rings. The summed E-state index contributed by atoms with van der Waals surface area (Å²) in [5, 5.41) is 1.77. The minimum Gasteiger partial charge on any atom is -0.490 e. The predicted molar refractivity (Wildman–Crippen MR) is 121 cm³/mol. The molecule has 0 bridgehead atoms. The highest BCUT2D eigenvalue weighted by Gasteiger charge is 2.19. The first-order valence-corrected chi connectivity index (χ1v) is 10.7. The number of nitrogens with zero attached hydrogens (tertiary/aromatic N) is 1. The van der Waals surface area contributed by atoms with Crippen molar-refractivity contribution in [3.05, 3.63) is 75.5 Å². The molecule has 1 aromatic heterocycles. The number of piperidine rings is 1. The second kappa shape index (κ2) is 10.8. The minimum absolute atomic E-state index is 0.104. The van der Waals surface area contributed by atoms with E-state index >= 15 is 0 Å². The fourth-order valence-electron chi connectivity index (χ4n) is 3.44. The second-order valence-corrected chi connectivity index (χ2v) is 7.84. The molecule has 1 aliphatic heterocycles. The maximum absolute atomic E-state index is 11.2. The molecule has 2 heterocycles. The van der Waals surface area contributed by atoms with Gasteiger partial charge in [-0.05, 0) is 48.4 Å². The summed E-state index contributed by atoms with van der Waals surface area (Å²) in [4.78, 5) is 26.4. The Morgan fingerprint density at radius 1 is 1.10 bits per heavy atom. The third kappa shape index (κ3) is 6.36. The summed E-state index contributed by atoms with van der Waals surface area (Å²) in [5.41, 5.74) is 2.07. The van der Waals surface area contributed by atoms with Gasteiger partial charge in [-0.2, -0.15) is 0 Å². The van der Waals surface area contributed by atoms with Gasteiger partial charge in [-0.15, -0.1) is 0 Å². The number of ether oxygens (including phenoxy) is 1. The number of aryl methyl sites for hydroxylation is 1. The Morgan fingerprint density at radius 2 is 1.83 bits per heavy atom. The van der Waals surface area contributed by atoms with E-state index in [4.69, 9.17) is 16.3 Å². The molecule has 0 saturated carbocycles. The lowest BCUT2D eigenvalue weighted by Gasteiger charge is -2.29. The summed E-state index contributed by atoms with van der Waals surface area (Å²) in [7, 11) is 0. The summed E-state index contributed by atoms with van der Waals surface area (Å²) < 4.78 is 5.95. The van der Waals surface area contributed by atoms with Crippen molar-refractivity contribution in [1.82, 2.24) is 9.88 Å². The van der Waals surface area contributed by atoms with E-state index in [1.807, 2.05) is 30.3 Å². The standard InChI is InChI=1S/C15H16N2O3.C9H11Cl/c18-10-17-7-5-12(6-8-17)20-13-2-3-14-11(9-13)1-4-15(19)16-14;1-2-3-8-4-6-9(10)7-5-8/h1-4,9-10,12H,5-8H2,(H,16,19);4-7H,2-3H2,1H3. The van der Waals surface area contributed by atoms with Crippen LogP contribution in [0.4, 0.5) is 0 Å². The van der Waals surface area contributed by atoms with Crippen LogP contribution >= 0.6 is 11.6 Å². The number of pyridine rings is 1. The number of benzene rings is 2. The Kier molecular flexibility index (Phi) is 7.91. The van der Waals surface area contributed by atoms with Crippen LogP contribution in [0.1, 0.15) is 31.7 Å². The van der Waals surface area contributed by atoms with E-state index in [1.54, 1.807) is 11.0 Å². The largest absolute Gasteiger partial charge is 0.490 e. The molecule has 0 aliphatic carbocycles. The third-order valence-electron chi connectivity index (χ3n) is 5.08. The zero-order valence-corrected chi connectivity index (χ0v) is 17.9. The lowest BCUT2D eigenvalue weighted by molar-refractivity contribution is -0.119. The summed E-state index contributed by atoms with van der Waals surface area (Å²) in [6, 6.07) is 17.0. The quantitative estimate of drug-likeness (QED) is 0.595. The Morgan fingerprint density at radius 3 is 2.50 bits per heavy atom. The van der Waals surface area contributed by atoms with Crippen LogP contribution in [0.3, 0.4) is 0 Å². The Labute approximate surface area is 181 Å². The number of likely N-dealkylation sites (tertiary alicyclic amines) is 1. The Bertz CT molecular complexity index is 1010. The zero-order valence-electron chi connectivity index (χ0n) is 17.1. The first-order valence-electron chi connectivity index (χ1n) is 10.3. The molecule has 1 amide bonds. The maximum atomic E-state index is 11.2. The van der Waals surface area contributed by atoms with Crippen LogP contribution in [-0.2, 0) is 11.2 Å². The van der Waals surface area contributed by atoms with Crippen LogP contribution in [-0.4, -0.2) is 35.5 Å². The molecule has 30 heavy (non-hydrogen) atoms. The lowest BCUT2D eigenvalue weighted by Crippen LogP contribution is -2.37. The molecule has 1 aliphatic rings. The van der Waals surface area contributed by atoms with E-state index in [-0.39, 0.29) is 11.7 Å². The van der Waals surface area contributed by atoms with E-state index in [2.05, 4.69) is 24.0 Å². The number of hydrogen-bond donors (Lipinski definition) is 1. The smallest absolute Gasteiger partial charge is 0.248 e. The number of amides is 1. The van der Waals surface area contributed by atoms with Gasteiger partial charge < -0.3 is 14.6 Å². The number of carbonyl (C=O) groups is 1. The molecular weight excluding hydrogens is 400 g/mol. The molecule has 1 saturated heterocycles. The van der Waals surface area contributed by atoms with Gasteiger partial charge in [0.2, 0.25) is 12.0 Å². The number of aromatic amines is 1. The SMILES string of the molecule is CCCc1ccc(Cl)cc1.O=CN1CCC(Oc2ccc3[nH]c(=O)ccc3c2)CC1. The molecule has 1 fully saturated rings. The van der Waals surface area contributed by atoms with Gasteiger partial charge in [-0.25, -0.2) is 0 Å². The molecule has 0 unspecified atom stereocenters. The monoisotopic (exact) mass is 426 g/mol. The van der Waals surface area contributed by atoms with Gasteiger partial charge in [-0.3, -0.25) is 9.59 Å². The van der Waals surface area contributed by atoms with Crippen molar-refractivity contribution < 1.29 is 9.53 Å². The van der Waals surface area contributed by atoms with Crippen LogP contribution in [0, 0.1) is 0 Å². The van der Waals surface area contributed by atoms with Crippen molar-refractivity contribution in [1.29, 1.82) is 0 Å². The summed E-state index contributed by atoms with van der Waals surface area (Å²) in [5.74, 6) is 0.800. The van der Waals surface area contributed by atoms with Crippen LogP contribution in [0.2, 0.25) is 5.02 Å². The van der Waals surface area contributed by atoms with Crippen molar-refractivity contribution >= 4 is 28.9 Å². The fourth-order valence-corrected chi connectivity index (χ4v) is 3.56. The van der Waals surface area contributed by atoms with Crippen molar-refractivity contribution in [2.45, 2.75) is 38.7 Å². The molecule has 0 radical (unpaired) electrons. The predicted octanol–water partition coefficient (Wildman–Crippen LogP) is 4.82. The van der Waals surface area contributed by atoms with Gasteiger partial charge in [-0.1, -0.05) is 37.1 Å². The van der Waals surface area contributed by atoms with Crippen LogP contribution in [0.15, 0.2) is 59.4 Å². The average Bonchev–Trinajstić information content (AvgIpc) is 2.77. The molecule has 0 atom stereocenters. The minimum atomic E-state index is -0.104. The molecule has 6 heteroatoms. The van der Waals surface area contributed by atoms with Gasteiger partial charge >= 0.3 is 0 Å². The molecule has 5 nitrogen and oxygen atoms in total. The Hall–Kier alpha value is -2.79.